The van der Waals surface area contributed by atoms with Crippen LogP contribution in [0.2, 0.25) is 5.02 Å². The first kappa shape index (κ1) is 19.4. The molecule has 0 unspecified atom stereocenters. The van der Waals surface area contributed by atoms with E-state index in [9.17, 15) is 9.59 Å². The molecule has 3 aromatic carbocycles. The third-order valence-electron chi connectivity index (χ3n) is 4.48. The fourth-order valence-corrected chi connectivity index (χ4v) is 3.09. The van der Waals surface area contributed by atoms with Crippen LogP contribution in [0.4, 0.5) is 5.69 Å². The monoisotopic (exact) mass is 416 g/mol. The zero-order valence-corrected chi connectivity index (χ0v) is 16.5. The number of aromatic nitrogens is 1. The Hall–Kier alpha value is -3.90. The van der Waals surface area contributed by atoms with E-state index in [0.29, 0.717) is 21.8 Å². The zero-order valence-electron chi connectivity index (χ0n) is 15.7. The number of aromatic amines is 1. The van der Waals surface area contributed by atoms with Crippen molar-refractivity contribution in [2.24, 2.45) is 5.10 Å². The minimum Gasteiger partial charge on any atom is -0.361 e. The van der Waals surface area contributed by atoms with E-state index in [0.717, 1.165) is 16.5 Å². The molecule has 4 aromatic rings. The van der Waals surface area contributed by atoms with Gasteiger partial charge in [-0.2, -0.15) is 5.10 Å². The molecule has 2 amide bonds. The Morgan fingerprint density at radius 2 is 1.70 bits per heavy atom. The maximum Gasteiger partial charge on any atom is 0.271 e. The average Bonchev–Trinajstić information content (AvgIpc) is 3.17. The molecule has 3 N–H and O–H groups in total. The number of halogens is 1. The van der Waals surface area contributed by atoms with Crippen LogP contribution in [0.25, 0.3) is 10.9 Å². The van der Waals surface area contributed by atoms with Crippen LogP contribution in [-0.2, 0) is 0 Å². The van der Waals surface area contributed by atoms with E-state index in [1.165, 1.54) is 0 Å². The molecule has 0 saturated heterocycles. The van der Waals surface area contributed by atoms with Crippen LogP contribution < -0.4 is 10.7 Å². The molecule has 1 aromatic heterocycles. The lowest BCUT2D eigenvalue weighted by Gasteiger charge is -2.07. The Bertz CT molecular complexity index is 1250. The van der Waals surface area contributed by atoms with Crippen LogP contribution in [0.15, 0.2) is 84.1 Å². The molecule has 148 valence electrons. The maximum atomic E-state index is 12.4. The van der Waals surface area contributed by atoms with Gasteiger partial charge in [0.05, 0.1) is 6.21 Å². The summed E-state index contributed by atoms with van der Waals surface area (Å²) >= 11 is 5.85. The second kappa shape index (κ2) is 8.63. The quantitative estimate of drug-likeness (QED) is 0.321. The molecule has 0 bridgehead atoms. The van der Waals surface area contributed by atoms with Gasteiger partial charge in [0, 0.05) is 44.5 Å². The van der Waals surface area contributed by atoms with Gasteiger partial charge in [-0.3, -0.25) is 9.59 Å². The van der Waals surface area contributed by atoms with Crippen LogP contribution in [0.1, 0.15) is 26.3 Å². The number of carbonyl (C=O) groups is 2. The highest BCUT2D eigenvalue weighted by molar-refractivity contribution is 6.30. The van der Waals surface area contributed by atoms with Gasteiger partial charge in [0.25, 0.3) is 11.8 Å². The summed E-state index contributed by atoms with van der Waals surface area (Å²) in [5.74, 6) is -0.671. The molecule has 0 aliphatic rings. The molecule has 0 atom stereocenters. The summed E-state index contributed by atoms with van der Waals surface area (Å²) in [6.07, 6.45) is 3.41. The number of para-hydroxylation sites is 1. The number of carbonyl (C=O) groups excluding carboxylic acids is 2. The topological polar surface area (TPSA) is 86.3 Å². The number of hydrogen-bond donors (Lipinski definition) is 3. The summed E-state index contributed by atoms with van der Waals surface area (Å²) in [6, 6.07) is 21.0. The molecule has 4 rings (SSSR count). The van der Waals surface area contributed by atoms with E-state index in [1.54, 1.807) is 54.7 Å². The Morgan fingerprint density at radius 3 is 2.53 bits per heavy atom. The summed E-state index contributed by atoms with van der Waals surface area (Å²) in [5, 5.41) is 8.38. The lowest BCUT2D eigenvalue weighted by atomic mass is 10.1. The van der Waals surface area contributed by atoms with Gasteiger partial charge in [0.1, 0.15) is 0 Å². The molecule has 0 fully saturated rings. The SMILES string of the molecule is O=C(N/N=C\c1c[nH]c2ccccc12)c1cccc(NC(=O)c2ccc(Cl)cc2)c1. The molecule has 30 heavy (non-hydrogen) atoms. The minimum atomic E-state index is -0.381. The normalized spacial score (nSPS) is 11.0. The van der Waals surface area contributed by atoms with Crippen molar-refractivity contribution in [2.45, 2.75) is 0 Å². The molecular weight excluding hydrogens is 400 g/mol. The number of amides is 2. The van der Waals surface area contributed by atoms with Crippen LogP contribution in [0.3, 0.4) is 0 Å². The Morgan fingerprint density at radius 1 is 0.900 bits per heavy atom. The Labute approximate surface area is 177 Å². The predicted molar refractivity (Wildman–Crippen MR) is 119 cm³/mol. The smallest absolute Gasteiger partial charge is 0.271 e. The van der Waals surface area contributed by atoms with Gasteiger partial charge in [0.15, 0.2) is 0 Å². The van der Waals surface area contributed by atoms with Crippen molar-refractivity contribution in [3.05, 3.63) is 101 Å². The predicted octanol–water partition coefficient (Wildman–Crippen LogP) is 4.84. The van der Waals surface area contributed by atoms with Crippen molar-refractivity contribution >= 4 is 46.2 Å². The standard InChI is InChI=1S/C23H17ClN4O2/c24-18-10-8-15(9-11-18)22(29)27-19-5-3-4-16(12-19)23(30)28-26-14-17-13-25-21-7-2-1-6-20(17)21/h1-14,25H,(H,27,29)(H,28,30)/b26-14-. The fourth-order valence-electron chi connectivity index (χ4n) is 2.97. The van der Waals surface area contributed by atoms with E-state index in [2.05, 4.69) is 20.8 Å². The summed E-state index contributed by atoms with van der Waals surface area (Å²) < 4.78 is 0. The molecule has 0 radical (unpaired) electrons. The molecule has 1 heterocycles. The van der Waals surface area contributed by atoms with Gasteiger partial charge in [-0.05, 0) is 48.5 Å². The first-order chi connectivity index (χ1) is 14.6. The Balaban J connectivity index is 1.42. The average molecular weight is 417 g/mol. The van der Waals surface area contributed by atoms with Crippen LogP contribution in [-0.4, -0.2) is 23.0 Å². The first-order valence-corrected chi connectivity index (χ1v) is 9.54. The molecule has 6 nitrogen and oxygen atoms in total. The van der Waals surface area contributed by atoms with E-state index >= 15 is 0 Å². The van der Waals surface area contributed by atoms with E-state index in [4.69, 9.17) is 11.6 Å². The second-order valence-corrected chi connectivity index (χ2v) is 6.97. The molecule has 7 heteroatoms. The number of nitrogens with one attached hydrogen (secondary N) is 3. The van der Waals surface area contributed by atoms with Gasteiger partial charge in [-0.1, -0.05) is 35.9 Å². The van der Waals surface area contributed by atoms with Gasteiger partial charge >= 0.3 is 0 Å². The van der Waals surface area contributed by atoms with Crippen molar-refractivity contribution in [1.29, 1.82) is 0 Å². The van der Waals surface area contributed by atoms with Gasteiger partial charge in [-0.25, -0.2) is 5.43 Å². The van der Waals surface area contributed by atoms with Gasteiger partial charge < -0.3 is 10.3 Å². The first-order valence-electron chi connectivity index (χ1n) is 9.17. The van der Waals surface area contributed by atoms with Crippen LogP contribution in [0, 0.1) is 0 Å². The maximum absolute atomic E-state index is 12.4. The number of rotatable bonds is 5. The molecular formula is C23H17ClN4O2. The van der Waals surface area contributed by atoms with Crippen LogP contribution in [0.5, 0.6) is 0 Å². The molecule has 0 saturated carbocycles. The summed E-state index contributed by atoms with van der Waals surface area (Å²) in [6.45, 7) is 0. The molecule has 0 aliphatic heterocycles. The highest BCUT2D eigenvalue weighted by Crippen LogP contribution is 2.16. The highest BCUT2D eigenvalue weighted by Gasteiger charge is 2.09. The minimum absolute atomic E-state index is 0.290. The van der Waals surface area contributed by atoms with Crippen molar-refractivity contribution in [1.82, 2.24) is 10.4 Å². The fraction of sp³-hybridized carbons (Fsp3) is 0. The number of fused-ring (bicyclic) bond motifs is 1. The van der Waals surface area contributed by atoms with E-state index in [1.807, 2.05) is 30.5 Å². The molecule has 0 spiro atoms. The third-order valence-corrected chi connectivity index (χ3v) is 4.73. The number of benzene rings is 3. The Kier molecular flexibility index (Phi) is 5.59. The van der Waals surface area contributed by atoms with Gasteiger partial charge in [0.2, 0.25) is 0 Å². The van der Waals surface area contributed by atoms with Crippen molar-refractivity contribution < 1.29 is 9.59 Å². The summed E-state index contributed by atoms with van der Waals surface area (Å²) in [4.78, 5) is 27.9. The third kappa shape index (κ3) is 4.39. The van der Waals surface area contributed by atoms with Crippen molar-refractivity contribution in [3.63, 3.8) is 0 Å². The lowest BCUT2D eigenvalue weighted by Crippen LogP contribution is -2.18. The highest BCUT2D eigenvalue weighted by atomic mass is 35.5. The number of nitrogens with zero attached hydrogens (tertiary/aromatic N) is 1. The van der Waals surface area contributed by atoms with Crippen LogP contribution >= 0.6 is 11.6 Å². The largest absolute Gasteiger partial charge is 0.361 e. The van der Waals surface area contributed by atoms with Gasteiger partial charge in [-0.15, -0.1) is 0 Å². The summed E-state index contributed by atoms with van der Waals surface area (Å²) in [7, 11) is 0. The number of hydrazone groups is 1. The number of anilines is 1. The van der Waals surface area contributed by atoms with Crippen molar-refractivity contribution in [2.75, 3.05) is 5.32 Å². The number of H-pyrrole nitrogens is 1. The lowest BCUT2D eigenvalue weighted by molar-refractivity contribution is 0.0953. The zero-order chi connectivity index (χ0) is 20.9. The second-order valence-electron chi connectivity index (χ2n) is 6.53. The van der Waals surface area contributed by atoms with E-state index in [-0.39, 0.29) is 11.8 Å². The molecule has 0 aliphatic carbocycles. The number of hydrogen-bond acceptors (Lipinski definition) is 3. The van der Waals surface area contributed by atoms with Crippen molar-refractivity contribution in [3.8, 4) is 0 Å². The van der Waals surface area contributed by atoms with E-state index < -0.39 is 0 Å². The summed E-state index contributed by atoms with van der Waals surface area (Å²) in [5.41, 5.74) is 5.72.